The second kappa shape index (κ2) is 6.47. The second-order valence-corrected chi connectivity index (χ2v) is 6.77. The molecular weight excluding hydrogens is 324 g/mol. The molecule has 1 amide bonds. The number of primary amides is 1. The number of amides is 1. The number of imidazole rings is 1. The highest BCUT2D eigenvalue weighted by atomic mass is 16.2. The van der Waals surface area contributed by atoms with Gasteiger partial charge in [0.05, 0.1) is 6.54 Å². The normalized spacial score (nSPS) is 18.8. The maximum absolute atomic E-state index is 12.6. The lowest BCUT2D eigenvalue weighted by molar-refractivity contribution is -0.118. The van der Waals surface area contributed by atoms with Crippen LogP contribution < -0.4 is 17.0 Å². The molecule has 1 atom stereocenters. The average molecular weight is 348 g/mol. The summed E-state index contributed by atoms with van der Waals surface area (Å²) in [6.07, 6.45) is 3.42. The number of aryl methyl sites for hydroxylation is 1. The number of carbonyl (C=O) groups excluding carboxylic acids is 1. The van der Waals surface area contributed by atoms with Crippen molar-refractivity contribution in [1.82, 2.24) is 23.6 Å². The Morgan fingerprint density at radius 3 is 2.60 bits per heavy atom. The first-order chi connectivity index (χ1) is 11.8. The van der Waals surface area contributed by atoms with Gasteiger partial charge in [-0.25, -0.2) is 9.78 Å². The number of likely N-dealkylation sites (tertiary alicyclic amines) is 1. The number of hydrogen-bond acceptors (Lipinski definition) is 5. The Morgan fingerprint density at radius 2 is 1.96 bits per heavy atom. The molecule has 25 heavy (non-hydrogen) atoms. The number of rotatable bonds is 4. The fourth-order valence-corrected chi connectivity index (χ4v) is 3.51. The lowest BCUT2D eigenvalue weighted by Crippen LogP contribution is -2.38. The van der Waals surface area contributed by atoms with Crippen LogP contribution in [0.25, 0.3) is 11.2 Å². The van der Waals surface area contributed by atoms with E-state index in [1.54, 1.807) is 11.6 Å². The van der Waals surface area contributed by atoms with Gasteiger partial charge in [-0.1, -0.05) is 6.42 Å². The standard InChI is InChI=1S/C16H24N6O3/c1-10-6-4-5-7-21(10)9-12-18-14-13(22(12)8-11(17)23)15(24)20(3)16(25)19(14)2/h10H,4-9H2,1-3H3,(H2,17,23). The molecule has 0 spiro atoms. The van der Waals surface area contributed by atoms with Crippen LogP contribution in [0.5, 0.6) is 0 Å². The molecule has 1 aliphatic rings. The Bertz CT molecular complexity index is 938. The monoisotopic (exact) mass is 348 g/mol. The summed E-state index contributed by atoms with van der Waals surface area (Å²) in [5, 5.41) is 0. The van der Waals surface area contributed by atoms with Crippen LogP contribution in [-0.2, 0) is 32.0 Å². The molecule has 0 radical (unpaired) electrons. The van der Waals surface area contributed by atoms with Crippen LogP contribution in [0.3, 0.4) is 0 Å². The van der Waals surface area contributed by atoms with E-state index in [0.29, 0.717) is 18.4 Å². The van der Waals surface area contributed by atoms with E-state index < -0.39 is 17.2 Å². The largest absolute Gasteiger partial charge is 0.368 e. The van der Waals surface area contributed by atoms with E-state index in [1.807, 2.05) is 0 Å². The maximum Gasteiger partial charge on any atom is 0.332 e. The molecule has 2 N–H and O–H groups in total. The fraction of sp³-hybridized carbons (Fsp3) is 0.625. The van der Waals surface area contributed by atoms with Crippen LogP contribution in [-0.4, -0.2) is 42.1 Å². The first-order valence-electron chi connectivity index (χ1n) is 8.48. The summed E-state index contributed by atoms with van der Waals surface area (Å²) in [5.41, 5.74) is 4.99. The van der Waals surface area contributed by atoms with Gasteiger partial charge in [-0.2, -0.15) is 0 Å². The minimum absolute atomic E-state index is 0.137. The number of aromatic nitrogens is 4. The van der Waals surface area contributed by atoms with Gasteiger partial charge in [-0.3, -0.25) is 23.6 Å². The fourth-order valence-electron chi connectivity index (χ4n) is 3.51. The highest BCUT2D eigenvalue weighted by Crippen LogP contribution is 2.20. The van der Waals surface area contributed by atoms with Gasteiger partial charge in [0.2, 0.25) is 5.91 Å². The highest BCUT2D eigenvalue weighted by Gasteiger charge is 2.24. The smallest absolute Gasteiger partial charge is 0.332 e. The summed E-state index contributed by atoms with van der Waals surface area (Å²) in [7, 11) is 2.98. The van der Waals surface area contributed by atoms with Gasteiger partial charge in [0, 0.05) is 20.1 Å². The number of nitrogens with zero attached hydrogens (tertiary/aromatic N) is 5. The first-order valence-corrected chi connectivity index (χ1v) is 8.48. The minimum Gasteiger partial charge on any atom is -0.368 e. The molecule has 2 aromatic heterocycles. The third kappa shape index (κ3) is 2.99. The molecule has 1 saturated heterocycles. The Hall–Kier alpha value is -2.42. The van der Waals surface area contributed by atoms with Crippen LogP contribution in [0.1, 0.15) is 32.0 Å². The van der Waals surface area contributed by atoms with E-state index in [4.69, 9.17) is 5.73 Å². The van der Waals surface area contributed by atoms with E-state index in [-0.39, 0.29) is 17.7 Å². The van der Waals surface area contributed by atoms with Crippen LogP contribution in [0.2, 0.25) is 0 Å². The number of piperidine rings is 1. The van der Waals surface area contributed by atoms with Crippen molar-refractivity contribution in [3.63, 3.8) is 0 Å². The van der Waals surface area contributed by atoms with Crippen LogP contribution in [0, 0.1) is 0 Å². The molecular formula is C16H24N6O3. The van der Waals surface area contributed by atoms with Gasteiger partial charge in [0.1, 0.15) is 12.4 Å². The van der Waals surface area contributed by atoms with Crippen LogP contribution >= 0.6 is 0 Å². The zero-order valence-corrected chi connectivity index (χ0v) is 14.9. The number of hydrogen-bond donors (Lipinski definition) is 1. The van der Waals surface area contributed by atoms with Gasteiger partial charge in [-0.05, 0) is 26.3 Å². The molecule has 2 aromatic rings. The molecule has 3 rings (SSSR count). The quantitative estimate of drug-likeness (QED) is 0.785. The molecule has 136 valence electrons. The topological polar surface area (TPSA) is 108 Å². The van der Waals surface area contributed by atoms with Gasteiger partial charge in [-0.15, -0.1) is 0 Å². The van der Waals surface area contributed by atoms with Gasteiger partial charge >= 0.3 is 5.69 Å². The van der Waals surface area contributed by atoms with Crippen molar-refractivity contribution in [3.05, 3.63) is 26.7 Å². The third-order valence-electron chi connectivity index (χ3n) is 5.03. The SMILES string of the molecule is CC1CCCCN1Cc1nc2c(c(=O)n(C)c(=O)n2C)n1CC(N)=O. The zero-order valence-electron chi connectivity index (χ0n) is 14.9. The summed E-state index contributed by atoms with van der Waals surface area (Å²) < 4.78 is 3.91. The van der Waals surface area contributed by atoms with Crippen molar-refractivity contribution in [1.29, 1.82) is 0 Å². The Labute approximate surface area is 144 Å². The van der Waals surface area contributed by atoms with E-state index in [0.717, 1.165) is 24.0 Å². The molecule has 1 aliphatic heterocycles. The predicted octanol–water partition coefficient (Wildman–Crippen LogP) is -0.707. The van der Waals surface area contributed by atoms with E-state index in [9.17, 15) is 14.4 Å². The summed E-state index contributed by atoms with van der Waals surface area (Å²) in [6, 6.07) is 0.405. The molecule has 3 heterocycles. The van der Waals surface area contributed by atoms with E-state index in [2.05, 4.69) is 16.8 Å². The number of fused-ring (bicyclic) bond motifs is 1. The number of nitrogens with two attached hydrogens (primary N) is 1. The summed E-state index contributed by atoms with van der Waals surface area (Å²) >= 11 is 0. The maximum atomic E-state index is 12.6. The molecule has 0 bridgehead atoms. The molecule has 9 nitrogen and oxygen atoms in total. The second-order valence-electron chi connectivity index (χ2n) is 6.77. The predicted molar refractivity (Wildman–Crippen MR) is 93.1 cm³/mol. The zero-order chi connectivity index (χ0) is 18.3. The number of carbonyl (C=O) groups is 1. The Kier molecular flexibility index (Phi) is 4.51. The summed E-state index contributed by atoms with van der Waals surface area (Å²) in [4.78, 5) is 43.1. The van der Waals surface area contributed by atoms with Crippen molar-refractivity contribution in [2.45, 2.75) is 45.3 Å². The van der Waals surface area contributed by atoms with Gasteiger partial charge < -0.3 is 10.3 Å². The van der Waals surface area contributed by atoms with Crippen molar-refractivity contribution >= 4 is 17.1 Å². The Balaban J connectivity index is 2.19. The van der Waals surface area contributed by atoms with Crippen molar-refractivity contribution in [2.24, 2.45) is 19.8 Å². The van der Waals surface area contributed by atoms with Crippen LogP contribution in [0.15, 0.2) is 9.59 Å². The minimum atomic E-state index is -0.553. The van der Waals surface area contributed by atoms with Crippen LogP contribution in [0.4, 0.5) is 0 Å². The lowest BCUT2D eigenvalue weighted by atomic mass is 10.0. The summed E-state index contributed by atoms with van der Waals surface area (Å²) in [6.45, 7) is 3.48. The molecule has 9 heteroatoms. The molecule has 1 unspecified atom stereocenters. The van der Waals surface area contributed by atoms with E-state index in [1.165, 1.54) is 18.0 Å². The van der Waals surface area contributed by atoms with Crippen molar-refractivity contribution in [3.8, 4) is 0 Å². The van der Waals surface area contributed by atoms with Crippen molar-refractivity contribution < 1.29 is 4.79 Å². The molecule has 0 saturated carbocycles. The molecule has 0 aromatic carbocycles. The molecule has 0 aliphatic carbocycles. The summed E-state index contributed by atoms with van der Waals surface area (Å²) in [5.74, 6) is 0.0315. The first kappa shape index (κ1) is 17.4. The Morgan fingerprint density at radius 1 is 1.24 bits per heavy atom. The average Bonchev–Trinajstić information content (AvgIpc) is 2.91. The van der Waals surface area contributed by atoms with E-state index >= 15 is 0 Å². The molecule has 1 fully saturated rings. The third-order valence-corrected chi connectivity index (χ3v) is 5.03. The van der Waals surface area contributed by atoms with Gasteiger partial charge in [0.15, 0.2) is 11.2 Å². The highest BCUT2D eigenvalue weighted by molar-refractivity contribution is 5.78. The lowest BCUT2D eigenvalue weighted by Gasteiger charge is -2.32. The van der Waals surface area contributed by atoms with Gasteiger partial charge in [0.25, 0.3) is 5.56 Å². The van der Waals surface area contributed by atoms with Crippen molar-refractivity contribution in [2.75, 3.05) is 6.54 Å².